The van der Waals surface area contributed by atoms with Gasteiger partial charge in [0, 0.05) is 31.9 Å². The van der Waals surface area contributed by atoms with Crippen LogP contribution in [0.5, 0.6) is 5.75 Å². The van der Waals surface area contributed by atoms with E-state index in [0.29, 0.717) is 17.7 Å². The van der Waals surface area contributed by atoms with Gasteiger partial charge in [0.15, 0.2) is 5.11 Å². The van der Waals surface area contributed by atoms with Gasteiger partial charge in [-0.15, -0.1) is 0 Å². The molecule has 9 nitrogen and oxygen atoms in total. The highest BCUT2D eigenvalue weighted by Gasteiger charge is 2.21. The molecule has 2 saturated heterocycles. The first-order valence-corrected chi connectivity index (χ1v) is 10.9. The largest absolute Gasteiger partial charge is 0.494 e. The Morgan fingerprint density at radius 3 is 2.03 bits per heavy atom. The maximum absolute atomic E-state index is 5.46. The van der Waals surface area contributed by atoms with Crippen molar-refractivity contribution in [1.82, 2.24) is 20.4 Å². The second-order valence-electron chi connectivity index (χ2n) is 7.31. The minimum absolute atomic E-state index is 0.421. The smallest absolute Gasteiger partial charge is 0.248 e. The Bertz CT molecular complexity index is 816. The number of anilines is 4. The maximum Gasteiger partial charge on any atom is 0.248 e. The average molecular weight is 429 g/mol. The highest BCUT2D eigenvalue weighted by atomic mass is 32.1. The summed E-state index contributed by atoms with van der Waals surface area (Å²) in [7, 11) is 0. The lowest BCUT2D eigenvalue weighted by atomic mass is 10.3. The van der Waals surface area contributed by atoms with Crippen LogP contribution in [0.3, 0.4) is 0 Å². The normalized spacial score (nSPS) is 15.9. The van der Waals surface area contributed by atoms with E-state index in [9.17, 15) is 0 Å². The highest BCUT2D eigenvalue weighted by Crippen LogP contribution is 2.22. The van der Waals surface area contributed by atoms with E-state index >= 15 is 0 Å². The first-order chi connectivity index (χ1) is 14.7. The van der Waals surface area contributed by atoms with Gasteiger partial charge < -0.3 is 19.9 Å². The van der Waals surface area contributed by atoms with Crippen LogP contribution < -0.4 is 30.7 Å². The fraction of sp³-hybridized carbons (Fsp3) is 0.500. The third-order valence-electron chi connectivity index (χ3n) is 5.10. The molecule has 2 aliphatic heterocycles. The summed E-state index contributed by atoms with van der Waals surface area (Å²) in [5.74, 6) is 2.73. The first kappa shape index (κ1) is 20.4. The number of hydrogen-bond acceptors (Lipinski definition) is 8. The van der Waals surface area contributed by atoms with Crippen LogP contribution in [0.15, 0.2) is 24.3 Å². The number of ether oxygens (including phenoxy) is 1. The molecule has 0 radical (unpaired) electrons. The molecule has 2 aromatic rings. The average Bonchev–Trinajstić information content (AvgIpc) is 3.48. The molecule has 0 bridgehead atoms. The van der Waals surface area contributed by atoms with E-state index in [2.05, 4.69) is 35.9 Å². The standard InChI is InChI=1S/C20H28N8OS/c1-2-29-16-9-7-15(8-10-16)21-20(30)26-25-17-22-18(27-11-3-4-12-27)24-19(23-17)28-13-5-6-14-28/h7-10H,2-6,11-14H2,1H3,(H2,21,26,30)(H,22,23,24,25). The molecule has 0 unspecified atom stereocenters. The summed E-state index contributed by atoms with van der Waals surface area (Å²) in [6.07, 6.45) is 4.67. The molecule has 1 aromatic heterocycles. The van der Waals surface area contributed by atoms with E-state index in [-0.39, 0.29) is 0 Å². The topological polar surface area (TPSA) is 90.5 Å². The van der Waals surface area contributed by atoms with Crippen LogP contribution in [-0.4, -0.2) is 52.9 Å². The Kier molecular flexibility index (Phi) is 6.63. The van der Waals surface area contributed by atoms with Crippen molar-refractivity contribution in [1.29, 1.82) is 0 Å². The highest BCUT2D eigenvalue weighted by molar-refractivity contribution is 7.80. The fourth-order valence-corrected chi connectivity index (χ4v) is 3.77. The first-order valence-electron chi connectivity index (χ1n) is 10.5. The number of hydrazine groups is 1. The lowest BCUT2D eigenvalue weighted by Crippen LogP contribution is -2.35. The number of benzene rings is 1. The van der Waals surface area contributed by atoms with Crippen molar-refractivity contribution >= 4 is 40.9 Å². The molecule has 2 fully saturated rings. The van der Waals surface area contributed by atoms with E-state index in [1.165, 1.54) is 25.7 Å². The van der Waals surface area contributed by atoms with Gasteiger partial charge in [-0.3, -0.25) is 10.9 Å². The predicted octanol–water partition coefficient (Wildman–Crippen LogP) is 2.78. The van der Waals surface area contributed by atoms with Gasteiger partial charge in [0.1, 0.15) is 5.75 Å². The van der Waals surface area contributed by atoms with Crippen molar-refractivity contribution in [2.24, 2.45) is 0 Å². The van der Waals surface area contributed by atoms with Gasteiger partial charge in [-0.1, -0.05) is 0 Å². The van der Waals surface area contributed by atoms with E-state index in [0.717, 1.165) is 49.5 Å². The molecule has 1 aromatic carbocycles. The quantitative estimate of drug-likeness (QED) is 0.452. The molecule has 3 heterocycles. The number of nitrogens with one attached hydrogen (secondary N) is 3. The number of hydrogen-bond donors (Lipinski definition) is 3. The summed E-state index contributed by atoms with van der Waals surface area (Å²) in [5.41, 5.74) is 6.87. The summed E-state index contributed by atoms with van der Waals surface area (Å²) in [5, 5.41) is 3.55. The van der Waals surface area contributed by atoms with Crippen LogP contribution in [0.25, 0.3) is 0 Å². The van der Waals surface area contributed by atoms with Crippen LogP contribution in [0.4, 0.5) is 23.5 Å². The van der Waals surface area contributed by atoms with Crippen molar-refractivity contribution in [2.45, 2.75) is 32.6 Å². The Morgan fingerprint density at radius 2 is 1.50 bits per heavy atom. The lowest BCUT2D eigenvalue weighted by Gasteiger charge is -2.21. The van der Waals surface area contributed by atoms with Crippen LogP contribution >= 0.6 is 12.2 Å². The van der Waals surface area contributed by atoms with E-state index in [1.807, 2.05) is 31.2 Å². The van der Waals surface area contributed by atoms with Crippen LogP contribution in [0.1, 0.15) is 32.6 Å². The van der Waals surface area contributed by atoms with Crippen LogP contribution in [0, 0.1) is 0 Å². The lowest BCUT2D eigenvalue weighted by molar-refractivity contribution is 0.340. The van der Waals surface area contributed by atoms with Gasteiger partial charge in [-0.25, -0.2) is 0 Å². The molecule has 0 saturated carbocycles. The van der Waals surface area contributed by atoms with Gasteiger partial charge in [0.05, 0.1) is 6.61 Å². The monoisotopic (exact) mass is 428 g/mol. The van der Waals surface area contributed by atoms with Gasteiger partial charge in [0.25, 0.3) is 0 Å². The molecule has 0 atom stereocenters. The van der Waals surface area contributed by atoms with Gasteiger partial charge in [-0.2, -0.15) is 15.0 Å². The van der Waals surface area contributed by atoms with Gasteiger partial charge >= 0.3 is 0 Å². The van der Waals surface area contributed by atoms with Crippen molar-refractivity contribution in [3.63, 3.8) is 0 Å². The maximum atomic E-state index is 5.46. The van der Waals surface area contributed by atoms with Crippen molar-refractivity contribution in [3.8, 4) is 5.75 Å². The third-order valence-corrected chi connectivity index (χ3v) is 5.30. The number of nitrogens with zero attached hydrogens (tertiary/aromatic N) is 5. The molecule has 2 aliphatic rings. The summed E-state index contributed by atoms with van der Waals surface area (Å²) < 4.78 is 5.46. The Balaban J connectivity index is 1.40. The Morgan fingerprint density at radius 1 is 0.933 bits per heavy atom. The number of rotatable bonds is 7. The predicted molar refractivity (Wildman–Crippen MR) is 123 cm³/mol. The second kappa shape index (κ2) is 9.75. The van der Waals surface area contributed by atoms with Crippen molar-refractivity contribution < 1.29 is 4.74 Å². The van der Waals surface area contributed by atoms with Crippen LogP contribution in [-0.2, 0) is 0 Å². The van der Waals surface area contributed by atoms with E-state index in [4.69, 9.17) is 21.9 Å². The summed E-state index contributed by atoms with van der Waals surface area (Å²) in [6, 6.07) is 7.63. The van der Waals surface area contributed by atoms with E-state index in [1.54, 1.807) is 0 Å². The zero-order valence-electron chi connectivity index (χ0n) is 17.2. The molecule has 0 aliphatic carbocycles. The second-order valence-corrected chi connectivity index (χ2v) is 7.72. The third kappa shape index (κ3) is 5.18. The molecule has 3 N–H and O–H groups in total. The van der Waals surface area contributed by atoms with Crippen molar-refractivity contribution in [3.05, 3.63) is 24.3 Å². The van der Waals surface area contributed by atoms with E-state index < -0.39 is 0 Å². The zero-order valence-corrected chi connectivity index (χ0v) is 18.0. The summed E-state index contributed by atoms with van der Waals surface area (Å²) >= 11 is 5.39. The molecule has 30 heavy (non-hydrogen) atoms. The molecule has 10 heteroatoms. The molecular weight excluding hydrogens is 400 g/mol. The number of thiocarbonyl (C=S) groups is 1. The molecular formula is C20H28N8OS. The minimum atomic E-state index is 0.421. The minimum Gasteiger partial charge on any atom is -0.494 e. The SMILES string of the molecule is CCOc1ccc(NC(=S)NNc2nc(N3CCCC3)nc(N3CCCC3)n2)cc1. The summed E-state index contributed by atoms with van der Waals surface area (Å²) in [6.45, 7) is 6.52. The Hall–Kier alpha value is -2.88. The van der Waals surface area contributed by atoms with Crippen LogP contribution in [0.2, 0.25) is 0 Å². The molecule has 0 spiro atoms. The van der Waals surface area contributed by atoms with Gasteiger partial charge in [0.2, 0.25) is 17.8 Å². The fourth-order valence-electron chi connectivity index (χ4n) is 3.60. The Labute approximate surface area is 182 Å². The zero-order chi connectivity index (χ0) is 20.8. The molecule has 4 rings (SSSR count). The molecule has 160 valence electrons. The number of aromatic nitrogens is 3. The summed E-state index contributed by atoms with van der Waals surface area (Å²) in [4.78, 5) is 18.3. The van der Waals surface area contributed by atoms with Crippen molar-refractivity contribution in [2.75, 3.05) is 53.3 Å². The molecule has 0 amide bonds. The van der Waals surface area contributed by atoms with Gasteiger partial charge in [-0.05, 0) is 69.1 Å².